The van der Waals surface area contributed by atoms with Crippen molar-refractivity contribution in [3.05, 3.63) is 46.7 Å². The van der Waals surface area contributed by atoms with E-state index >= 15 is 0 Å². The van der Waals surface area contributed by atoms with Gasteiger partial charge in [0.05, 0.1) is 17.1 Å². The molecule has 1 aromatic carbocycles. The van der Waals surface area contributed by atoms with Gasteiger partial charge in [0.25, 0.3) is 0 Å². The Balaban J connectivity index is 0.00000338. The predicted molar refractivity (Wildman–Crippen MR) is 108 cm³/mol. The summed E-state index contributed by atoms with van der Waals surface area (Å²) in [6.45, 7) is 11.6. The normalized spacial score (nSPS) is 11.9. The first-order valence-corrected chi connectivity index (χ1v) is 8.72. The molecule has 0 amide bonds. The Labute approximate surface area is 166 Å². The van der Waals surface area contributed by atoms with Gasteiger partial charge in [-0.1, -0.05) is 32.4 Å². The first kappa shape index (κ1) is 22.6. The van der Waals surface area contributed by atoms with Crippen LogP contribution in [0.25, 0.3) is 11.3 Å². The van der Waals surface area contributed by atoms with E-state index < -0.39 is 5.97 Å². The minimum Gasteiger partial charge on any atom is -0.478 e. The summed E-state index contributed by atoms with van der Waals surface area (Å²) in [6, 6.07) is 8.30. The predicted octanol–water partition coefficient (Wildman–Crippen LogP) is 6.02. The smallest absolute Gasteiger partial charge is 0.335 e. The summed E-state index contributed by atoms with van der Waals surface area (Å²) < 4.78 is 5.87. The molecule has 0 atom stereocenters. The van der Waals surface area contributed by atoms with Gasteiger partial charge in [0, 0.05) is 11.1 Å². The summed E-state index contributed by atoms with van der Waals surface area (Å²) in [6.07, 6.45) is 1.03. The maximum atomic E-state index is 11.1. The van der Waals surface area contributed by atoms with E-state index in [4.69, 9.17) is 21.1 Å². The van der Waals surface area contributed by atoms with E-state index in [-0.39, 0.29) is 28.9 Å². The summed E-state index contributed by atoms with van der Waals surface area (Å²) in [5.74, 6) is 0.364. The topological polar surface area (TPSA) is 62.5 Å². The number of carboxylic acids is 1. The second-order valence-corrected chi connectivity index (χ2v) is 8.65. The van der Waals surface area contributed by atoms with Crippen LogP contribution in [0.2, 0.25) is 5.02 Å². The molecule has 0 saturated carbocycles. The fourth-order valence-corrected chi connectivity index (χ4v) is 3.39. The first-order valence-electron chi connectivity index (χ1n) is 8.34. The highest BCUT2D eigenvalue weighted by Crippen LogP contribution is 2.31. The molecule has 2 rings (SSSR count). The van der Waals surface area contributed by atoms with E-state index in [0.29, 0.717) is 22.9 Å². The molecule has 0 aliphatic heterocycles. The number of benzene rings is 1. The molecule has 0 unspecified atom stereocenters. The van der Waals surface area contributed by atoms with E-state index in [1.807, 2.05) is 12.1 Å². The lowest BCUT2D eigenvalue weighted by Crippen LogP contribution is -2.41. The van der Waals surface area contributed by atoms with Gasteiger partial charge >= 0.3 is 5.97 Å². The number of carboxylic acid groups (broad SMARTS) is 1. The molecule has 0 bridgehead atoms. The van der Waals surface area contributed by atoms with Gasteiger partial charge in [-0.3, -0.25) is 0 Å². The number of carbonyl (C=O) groups is 1. The van der Waals surface area contributed by atoms with E-state index in [1.54, 1.807) is 6.07 Å². The Kier molecular flexibility index (Phi) is 7.34. The quantitative estimate of drug-likeness (QED) is 0.622. The number of hydrogen-bond donors (Lipinski definition) is 2. The van der Waals surface area contributed by atoms with Gasteiger partial charge in [-0.15, -0.1) is 12.4 Å². The van der Waals surface area contributed by atoms with Crippen LogP contribution in [-0.2, 0) is 6.54 Å². The lowest BCUT2D eigenvalue weighted by atomic mass is 9.82. The molecule has 0 aliphatic carbocycles. The Morgan fingerprint density at radius 1 is 1.15 bits per heavy atom. The summed E-state index contributed by atoms with van der Waals surface area (Å²) in [5.41, 5.74) is 0.977. The minimum absolute atomic E-state index is 0. The highest BCUT2D eigenvalue weighted by atomic mass is 35.5. The Morgan fingerprint density at radius 2 is 1.81 bits per heavy atom. The summed E-state index contributed by atoms with van der Waals surface area (Å²) in [4.78, 5) is 11.1. The number of hydrogen-bond acceptors (Lipinski definition) is 3. The van der Waals surface area contributed by atoms with E-state index in [1.165, 1.54) is 12.1 Å². The Bertz CT molecular complexity index is 761. The average Bonchev–Trinajstić information content (AvgIpc) is 2.91. The van der Waals surface area contributed by atoms with Crippen molar-refractivity contribution in [2.75, 3.05) is 0 Å². The number of aromatic carboxylic acids is 1. The van der Waals surface area contributed by atoms with Crippen LogP contribution in [0.15, 0.2) is 34.7 Å². The molecule has 0 aliphatic rings. The molecular weight excluding hydrogens is 373 g/mol. The second-order valence-electron chi connectivity index (χ2n) is 8.24. The maximum absolute atomic E-state index is 11.1. The van der Waals surface area contributed by atoms with Crippen LogP contribution in [0, 0.1) is 5.41 Å². The van der Waals surface area contributed by atoms with Gasteiger partial charge in [-0.05, 0) is 56.0 Å². The monoisotopic (exact) mass is 399 g/mol. The zero-order chi connectivity index (χ0) is 18.8. The van der Waals surface area contributed by atoms with E-state index in [0.717, 1.165) is 12.2 Å². The van der Waals surface area contributed by atoms with Crippen LogP contribution in [0.4, 0.5) is 0 Å². The third-order valence-electron chi connectivity index (χ3n) is 3.85. The SMILES string of the molecule is CC(C)(C)CC(C)(C)NCc1ccc(-c2cc(C(=O)O)ccc2Cl)o1.Cl. The highest BCUT2D eigenvalue weighted by Gasteiger charge is 2.25. The van der Waals surface area contributed by atoms with Gasteiger partial charge in [-0.2, -0.15) is 0 Å². The standard InChI is InChI=1S/C20H26ClNO3.ClH/c1-19(2,3)12-20(4,5)22-11-14-7-9-17(25-14)15-10-13(18(23)24)6-8-16(15)21;/h6-10,22H,11-12H2,1-5H3,(H,23,24);1H. The van der Waals surface area contributed by atoms with Gasteiger partial charge < -0.3 is 14.8 Å². The fourth-order valence-electron chi connectivity index (χ4n) is 3.18. The van der Waals surface area contributed by atoms with Crippen LogP contribution < -0.4 is 5.32 Å². The van der Waals surface area contributed by atoms with Crippen LogP contribution in [-0.4, -0.2) is 16.6 Å². The van der Waals surface area contributed by atoms with Crippen LogP contribution in [0.5, 0.6) is 0 Å². The van der Waals surface area contributed by atoms with Gasteiger partial charge in [0.15, 0.2) is 0 Å². The minimum atomic E-state index is -0.990. The van der Waals surface area contributed by atoms with Crippen LogP contribution in [0.1, 0.15) is 57.2 Å². The van der Waals surface area contributed by atoms with Crippen molar-refractivity contribution in [1.82, 2.24) is 5.32 Å². The summed E-state index contributed by atoms with van der Waals surface area (Å²) >= 11 is 6.20. The van der Waals surface area contributed by atoms with Crippen molar-refractivity contribution in [1.29, 1.82) is 0 Å². The van der Waals surface area contributed by atoms with Crippen molar-refractivity contribution < 1.29 is 14.3 Å². The van der Waals surface area contributed by atoms with Crippen molar-refractivity contribution in [3.63, 3.8) is 0 Å². The molecule has 144 valence electrons. The molecule has 0 radical (unpaired) electrons. The number of furan rings is 1. The largest absolute Gasteiger partial charge is 0.478 e. The van der Waals surface area contributed by atoms with Crippen molar-refractivity contribution >= 4 is 30.0 Å². The van der Waals surface area contributed by atoms with Gasteiger partial charge in [0.2, 0.25) is 0 Å². The average molecular weight is 400 g/mol. The van der Waals surface area contributed by atoms with E-state index in [9.17, 15) is 4.79 Å². The molecule has 0 saturated heterocycles. The molecule has 4 nitrogen and oxygen atoms in total. The third-order valence-corrected chi connectivity index (χ3v) is 4.18. The third kappa shape index (κ3) is 6.35. The highest BCUT2D eigenvalue weighted by molar-refractivity contribution is 6.33. The maximum Gasteiger partial charge on any atom is 0.335 e. The first-order chi connectivity index (χ1) is 11.5. The van der Waals surface area contributed by atoms with Crippen molar-refractivity contribution in [3.8, 4) is 11.3 Å². The molecule has 0 spiro atoms. The zero-order valence-corrected chi connectivity index (χ0v) is 17.4. The molecule has 1 heterocycles. The van der Waals surface area contributed by atoms with Gasteiger partial charge in [-0.25, -0.2) is 4.79 Å². The van der Waals surface area contributed by atoms with Crippen LogP contribution >= 0.6 is 24.0 Å². The molecule has 2 N–H and O–H groups in total. The summed E-state index contributed by atoms with van der Waals surface area (Å²) in [5, 5.41) is 13.1. The Hall–Kier alpha value is -1.49. The number of nitrogens with one attached hydrogen (secondary N) is 1. The molecule has 1 aromatic heterocycles. The van der Waals surface area contributed by atoms with Crippen molar-refractivity contribution in [2.24, 2.45) is 5.41 Å². The van der Waals surface area contributed by atoms with Crippen molar-refractivity contribution in [2.45, 2.75) is 53.1 Å². The molecular formula is C20H27Cl2NO3. The van der Waals surface area contributed by atoms with Gasteiger partial charge in [0.1, 0.15) is 11.5 Å². The van der Waals surface area contributed by atoms with E-state index in [2.05, 4.69) is 39.9 Å². The molecule has 2 aromatic rings. The summed E-state index contributed by atoms with van der Waals surface area (Å²) in [7, 11) is 0. The fraction of sp³-hybridized carbons (Fsp3) is 0.450. The lowest BCUT2D eigenvalue weighted by molar-refractivity contribution is 0.0697. The molecule has 6 heteroatoms. The molecule has 0 fully saturated rings. The van der Waals surface area contributed by atoms with Crippen LogP contribution in [0.3, 0.4) is 0 Å². The zero-order valence-electron chi connectivity index (χ0n) is 15.9. The lowest BCUT2D eigenvalue weighted by Gasteiger charge is -2.33. The second kappa shape index (κ2) is 8.47. The number of halogens is 2. The number of rotatable bonds is 6. The Morgan fingerprint density at radius 3 is 2.38 bits per heavy atom. The molecule has 26 heavy (non-hydrogen) atoms.